The summed E-state index contributed by atoms with van der Waals surface area (Å²) in [4.78, 5) is 11.5. The number of anilines is 1. The van der Waals surface area contributed by atoms with Crippen molar-refractivity contribution in [1.82, 2.24) is 5.32 Å². The van der Waals surface area contributed by atoms with Gasteiger partial charge >= 0.3 is 0 Å². The summed E-state index contributed by atoms with van der Waals surface area (Å²) in [5.41, 5.74) is 2.52. The van der Waals surface area contributed by atoms with Crippen molar-refractivity contribution in [3.8, 4) is 5.75 Å². The molecular formula is C16H17ClN2O2. The normalized spacial score (nSPS) is 10.0. The van der Waals surface area contributed by atoms with Crippen LogP contribution in [0.4, 0.5) is 5.69 Å². The van der Waals surface area contributed by atoms with Gasteiger partial charge in [-0.3, -0.25) is 4.79 Å². The van der Waals surface area contributed by atoms with E-state index in [1.165, 1.54) is 0 Å². The van der Waals surface area contributed by atoms with Gasteiger partial charge < -0.3 is 15.4 Å². The molecule has 0 spiro atoms. The highest BCUT2D eigenvalue weighted by molar-refractivity contribution is 6.30. The third kappa shape index (κ3) is 3.89. The highest BCUT2D eigenvalue weighted by atomic mass is 35.5. The fourth-order valence-corrected chi connectivity index (χ4v) is 2.16. The zero-order valence-corrected chi connectivity index (χ0v) is 12.7. The van der Waals surface area contributed by atoms with Crippen molar-refractivity contribution >= 4 is 23.2 Å². The molecule has 0 aliphatic heterocycles. The van der Waals surface area contributed by atoms with Crippen LogP contribution in [0.15, 0.2) is 42.5 Å². The van der Waals surface area contributed by atoms with E-state index in [1.54, 1.807) is 32.4 Å². The second kappa shape index (κ2) is 6.99. The lowest BCUT2D eigenvalue weighted by molar-refractivity contribution is 0.0963. The molecule has 0 saturated heterocycles. The van der Waals surface area contributed by atoms with Gasteiger partial charge in [0.25, 0.3) is 5.91 Å². The molecule has 2 N–H and O–H groups in total. The molecule has 0 aliphatic carbocycles. The van der Waals surface area contributed by atoms with Gasteiger partial charge in [0.05, 0.1) is 7.11 Å². The Bertz CT molecular complexity index is 627. The summed E-state index contributed by atoms with van der Waals surface area (Å²) in [6, 6.07) is 12.8. The maximum Gasteiger partial charge on any atom is 0.251 e. The van der Waals surface area contributed by atoms with E-state index >= 15 is 0 Å². The van der Waals surface area contributed by atoms with Crippen molar-refractivity contribution in [2.75, 3.05) is 19.5 Å². The van der Waals surface area contributed by atoms with Gasteiger partial charge in [-0.2, -0.15) is 0 Å². The van der Waals surface area contributed by atoms with Crippen molar-refractivity contribution in [3.63, 3.8) is 0 Å². The number of nitrogens with one attached hydrogen (secondary N) is 2. The molecule has 0 saturated carbocycles. The zero-order valence-electron chi connectivity index (χ0n) is 11.9. The fraction of sp³-hybridized carbons (Fsp3) is 0.188. The second-order valence-corrected chi connectivity index (χ2v) is 4.90. The maximum absolute atomic E-state index is 11.5. The average molecular weight is 305 g/mol. The molecule has 110 valence electrons. The minimum atomic E-state index is -0.0990. The predicted molar refractivity (Wildman–Crippen MR) is 85.2 cm³/mol. The van der Waals surface area contributed by atoms with E-state index in [1.807, 2.05) is 24.3 Å². The average Bonchev–Trinajstić information content (AvgIpc) is 2.52. The molecule has 0 bridgehead atoms. The first-order valence-electron chi connectivity index (χ1n) is 6.52. The van der Waals surface area contributed by atoms with Crippen molar-refractivity contribution < 1.29 is 9.53 Å². The highest BCUT2D eigenvalue weighted by Crippen LogP contribution is 2.23. The van der Waals surface area contributed by atoms with Gasteiger partial charge in [-0.1, -0.05) is 11.6 Å². The smallest absolute Gasteiger partial charge is 0.251 e. The number of ether oxygens (including phenoxy) is 1. The summed E-state index contributed by atoms with van der Waals surface area (Å²) >= 11 is 6.00. The summed E-state index contributed by atoms with van der Waals surface area (Å²) in [6.07, 6.45) is 0. The lowest BCUT2D eigenvalue weighted by atomic mass is 10.1. The van der Waals surface area contributed by atoms with Crippen LogP contribution in [0.2, 0.25) is 5.02 Å². The molecule has 21 heavy (non-hydrogen) atoms. The van der Waals surface area contributed by atoms with Gasteiger partial charge in [0.2, 0.25) is 0 Å². The van der Waals surface area contributed by atoms with E-state index in [9.17, 15) is 4.79 Å². The lowest BCUT2D eigenvalue weighted by Gasteiger charge is -2.11. The second-order valence-electron chi connectivity index (χ2n) is 4.47. The zero-order chi connectivity index (χ0) is 15.2. The van der Waals surface area contributed by atoms with Crippen LogP contribution in [0.5, 0.6) is 5.75 Å². The molecule has 0 unspecified atom stereocenters. The quantitative estimate of drug-likeness (QED) is 0.891. The Morgan fingerprint density at radius 3 is 2.52 bits per heavy atom. The number of carbonyl (C=O) groups is 1. The summed E-state index contributed by atoms with van der Waals surface area (Å²) in [5.74, 6) is 0.687. The predicted octanol–water partition coefficient (Wildman–Crippen LogP) is 3.32. The number of methoxy groups -OCH3 is 1. The highest BCUT2D eigenvalue weighted by Gasteiger charge is 2.05. The van der Waals surface area contributed by atoms with E-state index in [0.717, 1.165) is 17.0 Å². The Balaban J connectivity index is 2.06. The van der Waals surface area contributed by atoms with Crippen LogP contribution in [-0.2, 0) is 6.54 Å². The Morgan fingerprint density at radius 1 is 1.19 bits per heavy atom. The molecule has 0 radical (unpaired) electrons. The first-order chi connectivity index (χ1) is 10.1. The van der Waals surface area contributed by atoms with E-state index in [2.05, 4.69) is 10.6 Å². The Morgan fingerprint density at radius 2 is 1.90 bits per heavy atom. The number of carbonyl (C=O) groups excluding carboxylic acids is 1. The number of halogens is 1. The topological polar surface area (TPSA) is 50.4 Å². The van der Waals surface area contributed by atoms with Gasteiger partial charge in [-0.15, -0.1) is 0 Å². The van der Waals surface area contributed by atoms with Crippen LogP contribution < -0.4 is 15.4 Å². The maximum atomic E-state index is 11.5. The number of hydrogen-bond acceptors (Lipinski definition) is 3. The molecule has 0 heterocycles. The number of amides is 1. The summed E-state index contributed by atoms with van der Waals surface area (Å²) in [7, 11) is 3.24. The summed E-state index contributed by atoms with van der Waals surface area (Å²) in [5, 5.41) is 6.54. The van der Waals surface area contributed by atoms with E-state index in [4.69, 9.17) is 16.3 Å². The molecule has 5 heteroatoms. The fourth-order valence-electron chi connectivity index (χ4n) is 1.97. The molecule has 2 aromatic rings. The monoisotopic (exact) mass is 304 g/mol. The lowest BCUT2D eigenvalue weighted by Crippen LogP contribution is -2.17. The number of hydrogen-bond donors (Lipinski definition) is 2. The first-order valence-corrected chi connectivity index (χ1v) is 6.90. The van der Waals surface area contributed by atoms with Gasteiger partial charge in [0, 0.05) is 35.4 Å². The van der Waals surface area contributed by atoms with Gasteiger partial charge in [0.15, 0.2) is 0 Å². The molecular weight excluding hydrogens is 288 g/mol. The van der Waals surface area contributed by atoms with Crippen LogP contribution in [0.1, 0.15) is 15.9 Å². The Hall–Kier alpha value is -2.20. The van der Waals surface area contributed by atoms with Crippen LogP contribution in [0, 0.1) is 0 Å². The van der Waals surface area contributed by atoms with Crippen LogP contribution in [-0.4, -0.2) is 20.1 Å². The van der Waals surface area contributed by atoms with Gasteiger partial charge in [-0.05, 0) is 42.5 Å². The van der Waals surface area contributed by atoms with Crippen LogP contribution >= 0.6 is 11.6 Å². The molecule has 0 aliphatic rings. The Kier molecular flexibility index (Phi) is 5.06. The SMILES string of the molecule is CNC(=O)c1ccc(NCc2cc(Cl)ccc2OC)cc1. The molecule has 4 nitrogen and oxygen atoms in total. The van der Waals surface area contributed by atoms with Gasteiger partial charge in [-0.25, -0.2) is 0 Å². The molecule has 2 rings (SSSR count). The number of benzene rings is 2. The summed E-state index contributed by atoms with van der Waals surface area (Å²) in [6.45, 7) is 0.586. The summed E-state index contributed by atoms with van der Waals surface area (Å²) < 4.78 is 5.30. The first kappa shape index (κ1) is 15.2. The van der Waals surface area contributed by atoms with Gasteiger partial charge in [0.1, 0.15) is 5.75 Å². The molecule has 0 aromatic heterocycles. The number of rotatable bonds is 5. The van der Waals surface area contributed by atoms with Crippen molar-refractivity contribution in [1.29, 1.82) is 0 Å². The molecule has 2 aromatic carbocycles. The minimum Gasteiger partial charge on any atom is -0.496 e. The van der Waals surface area contributed by atoms with Crippen molar-refractivity contribution in [2.45, 2.75) is 6.54 Å². The van der Waals surface area contributed by atoms with E-state index < -0.39 is 0 Å². The minimum absolute atomic E-state index is 0.0990. The van der Waals surface area contributed by atoms with Crippen LogP contribution in [0.25, 0.3) is 0 Å². The Labute approximate surface area is 129 Å². The third-order valence-electron chi connectivity index (χ3n) is 3.10. The van der Waals surface area contributed by atoms with E-state index in [-0.39, 0.29) is 5.91 Å². The largest absolute Gasteiger partial charge is 0.496 e. The van der Waals surface area contributed by atoms with E-state index in [0.29, 0.717) is 17.1 Å². The standard InChI is InChI=1S/C16H17ClN2O2/c1-18-16(20)11-3-6-14(7-4-11)19-10-12-9-13(17)5-8-15(12)21-2/h3-9,19H,10H2,1-2H3,(H,18,20). The van der Waals surface area contributed by atoms with Crippen LogP contribution in [0.3, 0.4) is 0 Å². The molecule has 0 fully saturated rings. The third-order valence-corrected chi connectivity index (χ3v) is 3.33. The molecule has 0 atom stereocenters. The molecule has 1 amide bonds. The van der Waals surface area contributed by atoms with Crippen molar-refractivity contribution in [3.05, 3.63) is 58.6 Å². The van der Waals surface area contributed by atoms with Crippen molar-refractivity contribution in [2.24, 2.45) is 0 Å².